The van der Waals surface area contributed by atoms with E-state index < -0.39 is 0 Å². The third-order valence-electron chi connectivity index (χ3n) is 2.66. The van der Waals surface area contributed by atoms with Gasteiger partial charge < -0.3 is 5.32 Å². The highest BCUT2D eigenvalue weighted by molar-refractivity contribution is 5.63. The number of hydrogen-bond donors (Lipinski definition) is 1. The Morgan fingerprint density at radius 3 is 2.12 bits per heavy atom. The lowest BCUT2D eigenvalue weighted by atomic mass is 10.0. The topological polar surface area (TPSA) is 12.0 Å². The summed E-state index contributed by atoms with van der Waals surface area (Å²) < 4.78 is 11.9. The molecule has 0 fully saturated rings. The van der Waals surface area contributed by atoms with Gasteiger partial charge in [0.1, 0.15) is 6.67 Å². The zero-order valence-electron chi connectivity index (χ0n) is 9.70. The molecule has 0 heterocycles. The molecule has 0 bridgehead atoms. The van der Waals surface area contributed by atoms with Crippen LogP contribution in [0.2, 0.25) is 0 Å². The first-order valence-electron chi connectivity index (χ1n) is 5.81. The summed E-state index contributed by atoms with van der Waals surface area (Å²) in [7, 11) is 0. The molecule has 1 N–H and O–H groups in total. The summed E-state index contributed by atoms with van der Waals surface area (Å²) in [5, 5.41) is 3.04. The maximum Gasteiger partial charge on any atom is 0.102 e. The number of rotatable bonds is 5. The van der Waals surface area contributed by atoms with Gasteiger partial charge in [0, 0.05) is 13.1 Å². The lowest BCUT2D eigenvalue weighted by molar-refractivity contribution is 0.467. The van der Waals surface area contributed by atoms with Crippen molar-refractivity contribution in [3.05, 3.63) is 60.2 Å². The molecule has 0 atom stereocenters. The summed E-state index contributed by atoms with van der Waals surface area (Å²) in [6.07, 6.45) is 0. The maximum atomic E-state index is 11.9. The SMILES string of the molecule is FCCNCc1ccc(-c2ccccc2)cc1. The van der Waals surface area contributed by atoms with Gasteiger partial charge in [0.05, 0.1) is 0 Å². The van der Waals surface area contributed by atoms with Gasteiger partial charge in [0.2, 0.25) is 0 Å². The second kappa shape index (κ2) is 6.16. The third kappa shape index (κ3) is 3.40. The Morgan fingerprint density at radius 1 is 0.824 bits per heavy atom. The zero-order valence-corrected chi connectivity index (χ0v) is 9.70. The first-order chi connectivity index (χ1) is 8.40. The van der Waals surface area contributed by atoms with Gasteiger partial charge in [-0.3, -0.25) is 0 Å². The second-order valence-electron chi connectivity index (χ2n) is 3.93. The monoisotopic (exact) mass is 229 g/mol. The molecule has 2 aromatic rings. The average Bonchev–Trinajstić information content (AvgIpc) is 2.41. The third-order valence-corrected chi connectivity index (χ3v) is 2.66. The molecule has 0 aromatic heterocycles. The van der Waals surface area contributed by atoms with Gasteiger partial charge in [-0.25, -0.2) is 4.39 Å². The number of halogens is 1. The molecule has 0 aliphatic rings. The lowest BCUT2D eigenvalue weighted by Crippen LogP contribution is -2.15. The highest BCUT2D eigenvalue weighted by Gasteiger charge is 1.97. The molecule has 88 valence electrons. The predicted molar refractivity (Wildman–Crippen MR) is 69.6 cm³/mol. The molecule has 1 nitrogen and oxygen atoms in total. The van der Waals surface area contributed by atoms with Crippen molar-refractivity contribution in [2.75, 3.05) is 13.2 Å². The van der Waals surface area contributed by atoms with Crippen molar-refractivity contribution >= 4 is 0 Å². The first kappa shape index (κ1) is 11.8. The Bertz CT molecular complexity index is 436. The fourth-order valence-electron chi connectivity index (χ4n) is 1.75. The molecule has 0 aliphatic heterocycles. The van der Waals surface area contributed by atoms with E-state index in [4.69, 9.17) is 0 Å². The molecule has 2 aromatic carbocycles. The molecule has 0 saturated carbocycles. The molecule has 0 amide bonds. The molecule has 0 aliphatic carbocycles. The standard InChI is InChI=1S/C15H16FN/c16-10-11-17-12-13-6-8-15(9-7-13)14-4-2-1-3-5-14/h1-9,17H,10-12H2. The minimum absolute atomic E-state index is 0.317. The van der Waals surface area contributed by atoms with Crippen LogP contribution in [0.5, 0.6) is 0 Å². The van der Waals surface area contributed by atoms with E-state index in [9.17, 15) is 4.39 Å². The molecular weight excluding hydrogens is 213 g/mol. The summed E-state index contributed by atoms with van der Waals surface area (Å²) in [5.74, 6) is 0. The fourth-order valence-corrected chi connectivity index (χ4v) is 1.75. The summed E-state index contributed by atoms with van der Waals surface area (Å²) in [5.41, 5.74) is 3.61. The number of benzene rings is 2. The maximum absolute atomic E-state index is 11.9. The summed E-state index contributed by atoms with van der Waals surface area (Å²) in [6, 6.07) is 18.6. The molecule has 2 heteroatoms. The molecule has 0 spiro atoms. The van der Waals surface area contributed by atoms with Gasteiger partial charge in [-0.05, 0) is 16.7 Å². The van der Waals surface area contributed by atoms with Gasteiger partial charge in [-0.15, -0.1) is 0 Å². The van der Waals surface area contributed by atoms with Crippen LogP contribution in [0, 0.1) is 0 Å². The molecule has 0 radical (unpaired) electrons. The van der Waals surface area contributed by atoms with Crippen LogP contribution in [-0.4, -0.2) is 13.2 Å². The minimum Gasteiger partial charge on any atom is -0.310 e. The molecule has 0 unspecified atom stereocenters. The Hall–Kier alpha value is -1.67. The summed E-state index contributed by atoms with van der Waals surface area (Å²) >= 11 is 0. The number of nitrogens with one attached hydrogen (secondary N) is 1. The van der Waals surface area contributed by atoms with Crippen LogP contribution in [0.15, 0.2) is 54.6 Å². The molecule has 2 rings (SSSR count). The van der Waals surface area contributed by atoms with Gasteiger partial charge in [0.15, 0.2) is 0 Å². The van der Waals surface area contributed by atoms with E-state index in [2.05, 4.69) is 41.7 Å². The molecular formula is C15H16FN. The van der Waals surface area contributed by atoms with Gasteiger partial charge in [-0.2, -0.15) is 0 Å². The largest absolute Gasteiger partial charge is 0.310 e. The van der Waals surface area contributed by atoms with Crippen LogP contribution in [0.25, 0.3) is 11.1 Å². The van der Waals surface area contributed by atoms with Crippen molar-refractivity contribution in [2.24, 2.45) is 0 Å². The van der Waals surface area contributed by atoms with Crippen LogP contribution in [0.1, 0.15) is 5.56 Å². The van der Waals surface area contributed by atoms with E-state index >= 15 is 0 Å². The average molecular weight is 229 g/mol. The Morgan fingerprint density at radius 2 is 1.47 bits per heavy atom. The van der Waals surface area contributed by atoms with Crippen molar-refractivity contribution in [1.82, 2.24) is 5.32 Å². The van der Waals surface area contributed by atoms with E-state index in [0.29, 0.717) is 6.54 Å². The van der Waals surface area contributed by atoms with Crippen LogP contribution in [-0.2, 0) is 6.54 Å². The highest BCUT2D eigenvalue weighted by Crippen LogP contribution is 2.18. The van der Waals surface area contributed by atoms with Crippen molar-refractivity contribution < 1.29 is 4.39 Å². The van der Waals surface area contributed by atoms with Crippen LogP contribution >= 0.6 is 0 Å². The van der Waals surface area contributed by atoms with E-state index in [1.807, 2.05) is 18.2 Å². The van der Waals surface area contributed by atoms with Crippen molar-refractivity contribution in [2.45, 2.75) is 6.54 Å². The van der Waals surface area contributed by atoms with Crippen LogP contribution in [0.4, 0.5) is 4.39 Å². The molecule has 0 saturated heterocycles. The van der Waals surface area contributed by atoms with Crippen LogP contribution < -0.4 is 5.32 Å². The van der Waals surface area contributed by atoms with E-state index in [-0.39, 0.29) is 6.67 Å². The number of hydrogen-bond acceptors (Lipinski definition) is 1. The van der Waals surface area contributed by atoms with E-state index in [0.717, 1.165) is 6.54 Å². The predicted octanol–water partition coefficient (Wildman–Crippen LogP) is 3.41. The van der Waals surface area contributed by atoms with Gasteiger partial charge in [0.25, 0.3) is 0 Å². The van der Waals surface area contributed by atoms with Crippen molar-refractivity contribution in [3.8, 4) is 11.1 Å². The Balaban J connectivity index is 2.03. The second-order valence-corrected chi connectivity index (χ2v) is 3.93. The van der Waals surface area contributed by atoms with Crippen molar-refractivity contribution in [1.29, 1.82) is 0 Å². The fraction of sp³-hybridized carbons (Fsp3) is 0.200. The van der Waals surface area contributed by atoms with E-state index in [1.54, 1.807) is 0 Å². The van der Waals surface area contributed by atoms with Gasteiger partial charge >= 0.3 is 0 Å². The van der Waals surface area contributed by atoms with Crippen LogP contribution in [0.3, 0.4) is 0 Å². The smallest absolute Gasteiger partial charge is 0.102 e. The first-order valence-corrected chi connectivity index (χ1v) is 5.81. The summed E-state index contributed by atoms with van der Waals surface area (Å²) in [6.45, 7) is 0.821. The van der Waals surface area contributed by atoms with Crippen molar-refractivity contribution in [3.63, 3.8) is 0 Å². The summed E-state index contributed by atoms with van der Waals surface area (Å²) in [4.78, 5) is 0. The minimum atomic E-state index is -0.317. The van der Waals surface area contributed by atoms with E-state index in [1.165, 1.54) is 16.7 Å². The lowest BCUT2D eigenvalue weighted by Gasteiger charge is -2.05. The molecule has 17 heavy (non-hydrogen) atoms. The highest BCUT2D eigenvalue weighted by atomic mass is 19.1. The quantitative estimate of drug-likeness (QED) is 0.775. The Labute approximate surface area is 101 Å². The normalized spacial score (nSPS) is 10.4. The zero-order chi connectivity index (χ0) is 11.9. The number of alkyl halides is 1. The Kier molecular flexibility index (Phi) is 4.28. The van der Waals surface area contributed by atoms with Gasteiger partial charge in [-0.1, -0.05) is 54.6 Å².